The van der Waals surface area contributed by atoms with Gasteiger partial charge in [-0.3, -0.25) is 4.31 Å². The second-order valence-corrected chi connectivity index (χ2v) is 7.18. The van der Waals surface area contributed by atoms with E-state index in [0.717, 1.165) is 24.8 Å². The smallest absolute Gasteiger partial charge is 0.263 e. The third-order valence-electron chi connectivity index (χ3n) is 3.69. The molecule has 112 valence electrons. The fraction of sp³-hybridized carbons (Fsp3) is 0.412. The molecule has 0 fully saturated rings. The number of sulfonamides is 1. The summed E-state index contributed by atoms with van der Waals surface area (Å²) in [5, 5.41) is 0. The third-order valence-corrected chi connectivity index (χ3v) is 5.48. The minimum absolute atomic E-state index is 0.355. The first-order valence-electron chi connectivity index (χ1n) is 7.20. The molecule has 2 rings (SSSR count). The predicted molar refractivity (Wildman–Crippen MR) is 85.0 cm³/mol. The summed E-state index contributed by atoms with van der Waals surface area (Å²) in [5.74, 6) is 6.36. The number of aryl methyl sites for hydroxylation is 1. The number of nitrogens with zero attached hydrogens (tertiary/aromatic N) is 1. The van der Waals surface area contributed by atoms with Gasteiger partial charge in [-0.2, -0.15) is 0 Å². The van der Waals surface area contributed by atoms with Gasteiger partial charge in [-0.1, -0.05) is 23.8 Å². The molecule has 3 nitrogen and oxygen atoms in total. The van der Waals surface area contributed by atoms with Crippen LogP contribution in [0.25, 0.3) is 0 Å². The van der Waals surface area contributed by atoms with Crippen molar-refractivity contribution in [2.75, 3.05) is 6.54 Å². The standard InChI is InChI=1S/C17H21NO2S/c1-3-4-5-6-16-11-13-18(14-12-16)21(19,20)17-9-7-15(2)8-10-17/h7-11,13,16H,5-6,12,14H2,1-2H3. The molecule has 0 bridgehead atoms. The molecule has 0 saturated carbocycles. The van der Waals surface area contributed by atoms with Crippen LogP contribution in [0, 0.1) is 24.7 Å². The third kappa shape index (κ3) is 3.89. The minimum atomic E-state index is -3.41. The zero-order valence-electron chi connectivity index (χ0n) is 12.5. The van der Waals surface area contributed by atoms with E-state index >= 15 is 0 Å². The van der Waals surface area contributed by atoms with E-state index in [4.69, 9.17) is 0 Å². The average molecular weight is 303 g/mol. The Bertz CT molecular complexity index is 663. The maximum atomic E-state index is 12.5. The quantitative estimate of drug-likeness (QED) is 0.800. The van der Waals surface area contributed by atoms with E-state index < -0.39 is 10.0 Å². The monoisotopic (exact) mass is 303 g/mol. The van der Waals surface area contributed by atoms with Gasteiger partial charge in [0.25, 0.3) is 10.0 Å². The summed E-state index contributed by atoms with van der Waals surface area (Å²) in [4.78, 5) is 0.355. The molecule has 0 radical (unpaired) electrons. The van der Waals surface area contributed by atoms with Crippen molar-refractivity contribution < 1.29 is 8.42 Å². The molecule has 1 heterocycles. The molecule has 1 aromatic carbocycles. The van der Waals surface area contributed by atoms with Crippen molar-refractivity contribution >= 4 is 10.0 Å². The summed E-state index contributed by atoms with van der Waals surface area (Å²) >= 11 is 0. The molecule has 1 aliphatic rings. The lowest BCUT2D eigenvalue weighted by Crippen LogP contribution is -2.30. The Morgan fingerprint density at radius 2 is 2.00 bits per heavy atom. The highest BCUT2D eigenvalue weighted by molar-refractivity contribution is 7.89. The first kappa shape index (κ1) is 15.7. The van der Waals surface area contributed by atoms with Crippen molar-refractivity contribution in [1.29, 1.82) is 0 Å². The fourth-order valence-corrected chi connectivity index (χ4v) is 3.68. The lowest BCUT2D eigenvalue weighted by molar-refractivity contribution is 0.417. The van der Waals surface area contributed by atoms with Crippen LogP contribution in [0.4, 0.5) is 0 Å². The van der Waals surface area contributed by atoms with E-state index in [-0.39, 0.29) is 0 Å². The lowest BCUT2D eigenvalue weighted by Gasteiger charge is -2.27. The van der Waals surface area contributed by atoms with E-state index in [1.54, 1.807) is 18.3 Å². The van der Waals surface area contributed by atoms with Gasteiger partial charge in [0.1, 0.15) is 0 Å². The minimum Gasteiger partial charge on any atom is -0.274 e. The second kappa shape index (κ2) is 6.82. The van der Waals surface area contributed by atoms with E-state index in [0.29, 0.717) is 17.4 Å². The number of hydrogen-bond donors (Lipinski definition) is 0. The second-order valence-electron chi connectivity index (χ2n) is 5.28. The molecule has 21 heavy (non-hydrogen) atoms. The summed E-state index contributed by atoms with van der Waals surface area (Å²) in [7, 11) is -3.41. The fourth-order valence-electron chi connectivity index (χ4n) is 2.35. The Morgan fingerprint density at radius 3 is 2.57 bits per heavy atom. The SMILES string of the molecule is CC#CCCC1C=CN(S(=O)(=O)c2ccc(C)cc2)CC1. The zero-order chi connectivity index (χ0) is 15.3. The van der Waals surface area contributed by atoms with Crippen LogP contribution < -0.4 is 0 Å². The molecule has 1 aliphatic heterocycles. The Hall–Kier alpha value is -1.73. The molecule has 0 amide bonds. The number of rotatable bonds is 4. The largest absolute Gasteiger partial charge is 0.274 e. The average Bonchev–Trinajstić information content (AvgIpc) is 2.48. The van der Waals surface area contributed by atoms with Gasteiger partial charge in [0.05, 0.1) is 4.90 Å². The van der Waals surface area contributed by atoms with Gasteiger partial charge in [-0.05, 0) is 44.7 Å². The maximum absolute atomic E-state index is 12.5. The Morgan fingerprint density at radius 1 is 1.29 bits per heavy atom. The molecular weight excluding hydrogens is 282 g/mol. The number of benzene rings is 1. The summed E-state index contributed by atoms with van der Waals surface area (Å²) in [6.45, 7) is 4.32. The first-order chi connectivity index (χ1) is 10.0. The number of hydrogen-bond acceptors (Lipinski definition) is 2. The van der Waals surface area contributed by atoms with Gasteiger partial charge in [-0.15, -0.1) is 11.8 Å². The molecule has 1 unspecified atom stereocenters. The summed E-state index contributed by atoms with van der Waals surface area (Å²) < 4.78 is 26.5. The Balaban J connectivity index is 2.07. The number of allylic oxidation sites excluding steroid dienone is 1. The molecule has 0 aromatic heterocycles. The zero-order valence-corrected chi connectivity index (χ0v) is 13.4. The molecule has 0 aliphatic carbocycles. The van der Waals surface area contributed by atoms with Gasteiger partial charge < -0.3 is 0 Å². The Labute approximate surface area is 127 Å². The van der Waals surface area contributed by atoms with Gasteiger partial charge in [0.15, 0.2) is 0 Å². The first-order valence-corrected chi connectivity index (χ1v) is 8.64. The van der Waals surface area contributed by atoms with Crippen molar-refractivity contribution in [3.8, 4) is 11.8 Å². The predicted octanol–water partition coefficient (Wildman–Crippen LogP) is 3.32. The van der Waals surface area contributed by atoms with E-state index in [1.807, 2.05) is 32.1 Å². The normalized spacial score (nSPS) is 18.2. The van der Waals surface area contributed by atoms with Crippen LogP contribution in [0.15, 0.2) is 41.4 Å². The lowest BCUT2D eigenvalue weighted by atomic mass is 9.98. The van der Waals surface area contributed by atoms with Gasteiger partial charge in [0, 0.05) is 19.2 Å². The van der Waals surface area contributed by atoms with Crippen molar-refractivity contribution in [2.45, 2.75) is 38.0 Å². The summed E-state index contributed by atoms with van der Waals surface area (Å²) in [6, 6.07) is 6.99. The molecule has 0 N–H and O–H groups in total. The topological polar surface area (TPSA) is 37.4 Å². The summed E-state index contributed by atoms with van der Waals surface area (Å²) in [6.07, 6.45) is 6.42. The van der Waals surface area contributed by atoms with Crippen LogP contribution in [0.2, 0.25) is 0 Å². The van der Waals surface area contributed by atoms with E-state index in [1.165, 1.54) is 4.31 Å². The van der Waals surface area contributed by atoms with Crippen LogP contribution in [-0.2, 0) is 10.0 Å². The van der Waals surface area contributed by atoms with E-state index in [9.17, 15) is 8.42 Å². The van der Waals surface area contributed by atoms with Gasteiger partial charge in [-0.25, -0.2) is 8.42 Å². The van der Waals surface area contributed by atoms with Crippen LogP contribution in [0.1, 0.15) is 31.7 Å². The van der Waals surface area contributed by atoms with E-state index in [2.05, 4.69) is 11.8 Å². The van der Waals surface area contributed by atoms with Crippen molar-refractivity contribution in [1.82, 2.24) is 4.31 Å². The van der Waals surface area contributed by atoms with Gasteiger partial charge in [0.2, 0.25) is 0 Å². The van der Waals surface area contributed by atoms with Crippen molar-refractivity contribution in [3.63, 3.8) is 0 Å². The molecule has 1 aromatic rings. The molecule has 4 heteroatoms. The van der Waals surface area contributed by atoms with Crippen LogP contribution >= 0.6 is 0 Å². The Kier molecular flexibility index (Phi) is 5.08. The molecule has 0 saturated heterocycles. The summed E-state index contributed by atoms with van der Waals surface area (Å²) in [5.41, 5.74) is 1.06. The highest BCUT2D eigenvalue weighted by Gasteiger charge is 2.24. The van der Waals surface area contributed by atoms with Gasteiger partial charge >= 0.3 is 0 Å². The van der Waals surface area contributed by atoms with Crippen LogP contribution in [0.5, 0.6) is 0 Å². The highest BCUT2D eigenvalue weighted by Crippen LogP contribution is 2.24. The van der Waals surface area contributed by atoms with Crippen molar-refractivity contribution in [2.24, 2.45) is 5.92 Å². The van der Waals surface area contributed by atoms with Crippen LogP contribution in [-0.4, -0.2) is 19.3 Å². The molecule has 1 atom stereocenters. The molecule has 0 spiro atoms. The van der Waals surface area contributed by atoms with Crippen LogP contribution in [0.3, 0.4) is 0 Å². The molecular formula is C17H21NO2S. The highest BCUT2D eigenvalue weighted by atomic mass is 32.2. The maximum Gasteiger partial charge on any atom is 0.263 e. The van der Waals surface area contributed by atoms with Crippen molar-refractivity contribution in [3.05, 3.63) is 42.1 Å².